The van der Waals surface area contributed by atoms with Crippen molar-refractivity contribution in [2.24, 2.45) is 5.92 Å². The standard InChI is InChI=1S/C14H17F2N3O2/c1-8(2)3-4-21-13(20)7-19-12-6-10(16)9(15)5-11(12)18-14(19)17/h5-6,8H,3-4,7H2,1-2H3,(H2,17,18). The molecule has 0 spiro atoms. The topological polar surface area (TPSA) is 70.1 Å². The van der Waals surface area contributed by atoms with Crippen molar-refractivity contribution >= 4 is 23.0 Å². The summed E-state index contributed by atoms with van der Waals surface area (Å²) >= 11 is 0. The van der Waals surface area contributed by atoms with Crippen LogP contribution >= 0.6 is 0 Å². The zero-order valence-electron chi connectivity index (χ0n) is 11.9. The summed E-state index contributed by atoms with van der Waals surface area (Å²) in [6.45, 7) is 4.16. The fourth-order valence-electron chi connectivity index (χ4n) is 1.89. The average molecular weight is 297 g/mol. The van der Waals surface area contributed by atoms with Gasteiger partial charge in [0.25, 0.3) is 0 Å². The number of carbonyl (C=O) groups is 1. The number of esters is 1. The molecule has 21 heavy (non-hydrogen) atoms. The van der Waals surface area contributed by atoms with Gasteiger partial charge in [0.05, 0.1) is 17.6 Å². The first-order valence-electron chi connectivity index (χ1n) is 6.65. The number of rotatable bonds is 5. The van der Waals surface area contributed by atoms with E-state index in [1.54, 1.807) is 0 Å². The number of ether oxygens (including phenoxy) is 1. The Bertz CT molecular complexity index is 668. The first-order valence-corrected chi connectivity index (χ1v) is 6.65. The molecule has 114 valence electrons. The van der Waals surface area contributed by atoms with Crippen LogP contribution in [0, 0.1) is 17.6 Å². The molecule has 0 aliphatic rings. The van der Waals surface area contributed by atoms with Crippen molar-refractivity contribution in [1.29, 1.82) is 0 Å². The van der Waals surface area contributed by atoms with E-state index in [-0.39, 0.29) is 23.5 Å². The number of fused-ring (bicyclic) bond motifs is 1. The molecule has 1 aromatic heterocycles. The number of anilines is 1. The normalized spacial score (nSPS) is 11.3. The second-order valence-electron chi connectivity index (χ2n) is 5.21. The van der Waals surface area contributed by atoms with Crippen LogP contribution in [0.15, 0.2) is 12.1 Å². The van der Waals surface area contributed by atoms with Crippen molar-refractivity contribution in [2.75, 3.05) is 12.3 Å². The summed E-state index contributed by atoms with van der Waals surface area (Å²) in [5.74, 6) is -2.08. The van der Waals surface area contributed by atoms with Gasteiger partial charge in [-0.05, 0) is 12.3 Å². The van der Waals surface area contributed by atoms with Gasteiger partial charge in [-0.2, -0.15) is 0 Å². The van der Waals surface area contributed by atoms with Gasteiger partial charge in [-0.25, -0.2) is 13.8 Å². The Hall–Kier alpha value is -2.18. The predicted octanol–water partition coefficient (Wildman–Crippen LogP) is 2.49. The van der Waals surface area contributed by atoms with Crippen LogP contribution in [-0.2, 0) is 16.1 Å². The molecule has 0 atom stereocenters. The van der Waals surface area contributed by atoms with Gasteiger partial charge in [0.1, 0.15) is 6.54 Å². The zero-order chi connectivity index (χ0) is 15.6. The van der Waals surface area contributed by atoms with Crippen molar-refractivity contribution in [1.82, 2.24) is 9.55 Å². The van der Waals surface area contributed by atoms with Crippen LogP contribution in [-0.4, -0.2) is 22.1 Å². The van der Waals surface area contributed by atoms with Crippen LogP contribution in [0.5, 0.6) is 0 Å². The fourth-order valence-corrected chi connectivity index (χ4v) is 1.89. The minimum Gasteiger partial charge on any atom is -0.464 e. The second-order valence-corrected chi connectivity index (χ2v) is 5.21. The third kappa shape index (κ3) is 3.48. The van der Waals surface area contributed by atoms with Crippen LogP contribution in [0.1, 0.15) is 20.3 Å². The number of carbonyl (C=O) groups excluding carboxylic acids is 1. The average Bonchev–Trinajstić information content (AvgIpc) is 2.66. The monoisotopic (exact) mass is 297 g/mol. The number of hydrogen-bond donors (Lipinski definition) is 1. The van der Waals surface area contributed by atoms with Gasteiger partial charge in [-0.15, -0.1) is 0 Å². The molecule has 2 N–H and O–H groups in total. The summed E-state index contributed by atoms with van der Waals surface area (Å²) in [7, 11) is 0. The molecule has 0 saturated heterocycles. The summed E-state index contributed by atoms with van der Waals surface area (Å²) in [4.78, 5) is 15.6. The predicted molar refractivity (Wildman–Crippen MR) is 74.5 cm³/mol. The van der Waals surface area contributed by atoms with Crippen LogP contribution in [0.4, 0.5) is 14.7 Å². The molecule has 0 amide bonds. The molecule has 2 rings (SSSR count). The number of hydrogen-bond acceptors (Lipinski definition) is 4. The van der Waals surface area contributed by atoms with Crippen molar-refractivity contribution in [3.05, 3.63) is 23.8 Å². The minimum atomic E-state index is -1.02. The molecule has 7 heteroatoms. The van der Waals surface area contributed by atoms with Gasteiger partial charge in [0.2, 0.25) is 5.95 Å². The van der Waals surface area contributed by atoms with E-state index in [4.69, 9.17) is 10.5 Å². The van der Waals surface area contributed by atoms with E-state index in [0.717, 1.165) is 18.6 Å². The lowest BCUT2D eigenvalue weighted by Crippen LogP contribution is -2.16. The Morgan fingerprint density at radius 3 is 2.71 bits per heavy atom. The van der Waals surface area contributed by atoms with Crippen LogP contribution < -0.4 is 5.73 Å². The first-order chi connectivity index (χ1) is 9.88. The summed E-state index contributed by atoms with van der Waals surface area (Å²) in [5.41, 5.74) is 6.13. The molecule has 0 fully saturated rings. The van der Waals surface area contributed by atoms with Gasteiger partial charge in [-0.3, -0.25) is 9.36 Å². The maximum Gasteiger partial charge on any atom is 0.326 e. The maximum absolute atomic E-state index is 13.3. The molecule has 1 heterocycles. The zero-order valence-corrected chi connectivity index (χ0v) is 11.9. The van der Waals surface area contributed by atoms with Crippen molar-refractivity contribution in [3.8, 4) is 0 Å². The highest BCUT2D eigenvalue weighted by Gasteiger charge is 2.15. The fraction of sp³-hybridized carbons (Fsp3) is 0.429. The molecule has 0 bridgehead atoms. The van der Waals surface area contributed by atoms with Crippen LogP contribution in [0.2, 0.25) is 0 Å². The van der Waals surface area contributed by atoms with Gasteiger partial charge >= 0.3 is 5.97 Å². The van der Waals surface area contributed by atoms with Crippen molar-refractivity contribution in [3.63, 3.8) is 0 Å². The Labute approximate surface area is 120 Å². The van der Waals surface area contributed by atoms with Gasteiger partial charge < -0.3 is 10.5 Å². The highest BCUT2D eigenvalue weighted by atomic mass is 19.2. The summed E-state index contributed by atoms with van der Waals surface area (Å²) < 4.78 is 32.8. The molecule has 1 aromatic carbocycles. The third-order valence-corrected chi connectivity index (χ3v) is 3.07. The Morgan fingerprint density at radius 1 is 1.38 bits per heavy atom. The van der Waals surface area contributed by atoms with Crippen LogP contribution in [0.25, 0.3) is 11.0 Å². The Morgan fingerprint density at radius 2 is 2.05 bits per heavy atom. The maximum atomic E-state index is 13.3. The molecule has 2 aromatic rings. The molecule has 0 saturated carbocycles. The number of halogens is 2. The van der Waals surface area contributed by atoms with E-state index in [1.165, 1.54) is 4.57 Å². The lowest BCUT2D eigenvalue weighted by Gasteiger charge is -2.08. The quantitative estimate of drug-likeness (QED) is 0.861. The van der Waals surface area contributed by atoms with Gasteiger partial charge in [0.15, 0.2) is 11.6 Å². The highest BCUT2D eigenvalue weighted by Crippen LogP contribution is 2.21. The molecule has 0 unspecified atom stereocenters. The summed E-state index contributed by atoms with van der Waals surface area (Å²) in [6.07, 6.45) is 0.756. The van der Waals surface area contributed by atoms with Crippen molar-refractivity contribution in [2.45, 2.75) is 26.8 Å². The van der Waals surface area contributed by atoms with E-state index in [9.17, 15) is 13.6 Å². The van der Waals surface area contributed by atoms with Crippen molar-refractivity contribution < 1.29 is 18.3 Å². The summed E-state index contributed by atoms with van der Waals surface area (Å²) in [6, 6.07) is 1.91. The van der Waals surface area contributed by atoms with E-state index in [1.807, 2.05) is 13.8 Å². The minimum absolute atomic E-state index is 0.0100. The van der Waals surface area contributed by atoms with Gasteiger partial charge in [0, 0.05) is 12.1 Å². The first kappa shape index (κ1) is 15.2. The molecule has 0 aliphatic heterocycles. The highest BCUT2D eigenvalue weighted by molar-refractivity contribution is 5.81. The Kier molecular flexibility index (Phi) is 4.40. The number of aromatic nitrogens is 2. The Balaban J connectivity index is 2.16. The van der Waals surface area contributed by atoms with Gasteiger partial charge in [-0.1, -0.05) is 13.8 Å². The SMILES string of the molecule is CC(C)CCOC(=O)Cn1c(N)nc2cc(F)c(F)cc21. The smallest absolute Gasteiger partial charge is 0.326 e. The largest absolute Gasteiger partial charge is 0.464 e. The molecule has 0 radical (unpaired) electrons. The second kappa shape index (κ2) is 6.07. The van der Waals surface area contributed by atoms with E-state index >= 15 is 0 Å². The lowest BCUT2D eigenvalue weighted by atomic mass is 10.1. The van der Waals surface area contributed by atoms with E-state index in [2.05, 4.69) is 4.98 Å². The summed E-state index contributed by atoms with van der Waals surface area (Å²) in [5, 5.41) is 0. The number of nitrogens with zero attached hydrogens (tertiary/aromatic N) is 2. The number of benzene rings is 1. The molecular weight excluding hydrogens is 280 g/mol. The number of nitrogen functional groups attached to an aromatic ring is 1. The van der Waals surface area contributed by atoms with E-state index < -0.39 is 17.6 Å². The number of imidazole rings is 1. The van der Waals surface area contributed by atoms with E-state index in [0.29, 0.717) is 12.5 Å². The molecular formula is C14H17F2N3O2. The van der Waals surface area contributed by atoms with Crippen LogP contribution in [0.3, 0.4) is 0 Å². The lowest BCUT2D eigenvalue weighted by molar-refractivity contribution is -0.144. The molecule has 0 aliphatic carbocycles. The third-order valence-electron chi connectivity index (χ3n) is 3.07. The number of nitrogens with two attached hydrogens (primary N) is 1. The molecule has 5 nitrogen and oxygen atoms in total.